The van der Waals surface area contributed by atoms with E-state index in [1.54, 1.807) is 32.4 Å². The molecule has 1 amide bonds. The van der Waals surface area contributed by atoms with Crippen molar-refractivity contribution in [3.8, 4) is 11.5 Å². The SMILES string of the molecule is COc1ccc(CC(=O)Nc2cc(F)ccc2N2CCCC2)cc1OC. The predicted molar refractivity (Wildman–Crippen MR) is 99.7 cm³/mol. The van der Waals surface area contributed by atoms with Crippen LogP contribution in [0.25, 0.3) is 0 Å². The van der Waals surface area contributed by atoms with Crippen LogP contribution in [0, 0.1) is 5.82 Å². The number of carbonyl (C=O) groups is 1. The van der Waals surface area contributed by atoms with E-state index in [4.69, 9.17) is 9.47 Å². The van der Waals surface area contributed by atoms with Crippen LogP contribution in [0.4, 0.5) is 15.8 Å². The minimum Gasteiger partial charge on any atom is -0.493 e. The molecule has 0 atom stereocenters. The first-order chi connectivity index (χ1) is 12.6. The molecule has 1 saturated heterocycles. The van der Waals surface area contributed by atoms with Gasteiger partial charge in [0.25, 0.3) is 0 Å². The molecule has 0 bridgehead atoms. The molecule has 0 spiro atoms. The average Bonchev–Trinajstić information content (AvgIpc) is 3.16. The fourth-order valence-corrected chi connectivity index (χ4v) is 3.21. The number of nitrogens with one attached hydrogen (secondary N) is 1. The zero-order chi connectivity index (χ0) is 18.5. The standard InChI is InChI=1S/C20H23FN2O3/c1-25-18-8-5-14(11-19(18)26-2)12-20(24)22-16-13-15(21)6-7-17(16)23-9-3-4-10-23/h5-8,11,13H,3-4,9-10,12H2,1-2H3,(H,22,24). The van der Waals surface area contributed by atoms with Crippen molar-refractivity contribution in [2.24, 2.45) is 0 Å². The van der Waals surface area contributed by atoms with Gasteiger partial charge in [0.2, 0.25) is 5.91 Å². The Balaban J connectivity index is 1.75. The Bertz CT molecular complexity index is 789. The lowest BCUT2D eigenvalue weighted by Gasteiger charge is -2.21. The molecule has 6 heteroatoms. The largest absolute Gasteiger partial charge is 0.493 e. The zero-order valence-electron chi connectivity index (χ0n) is 15.0. The summed E-state index contributed by atoms with van der Waals surface area (Å²) in [5.74, 6) is 0.608. The van der Waals surface area contributed by atoms with E-state index in [1.807, 2.05) is 6.07 Å². The van der Waals surface area contributed by atoms with Crippen LogP contribution in [-0.4, -0.2) is 33.2 Å². The van der Waals surface area contributed by atoms with Crippen LogP contribution in [0.5, 0.6) is 11.5 Å². The normalized spacial score (nSPS) is 13.6. The summed E-state index contributed by atoms with van der Waals surface area (Å²) in [6.45, 7) is 1.84. The summed E-state index contributed by atoms with van der Waals surface area (Å²) in [5.41, 5.74) is 2.17. The van der Waals surface area contributed by atoms with E-state index in [2.05, 4.69) is 10.2 Å². The first-order valence-corrected chi connectivity index (χ1v) is 8.66. The van der Waals surface area contributed by atoms with Gasteiger partial charge in [0.05, 0.1) is 32.0 Å². The van der Waals surface area contributed by atoms with Gasteiger partial charge in [0, 0.05) is 13.1 Å². The Morgan fingerprint density at radius 1 is 1.08 bits per heavy atom. The Labute approximate surface area is 152 Å². The minimum atomic E-state index is -0.366. The van der Waals surface area contributed by atoms with E-state index in [0.29, 0.717) is 17.2 Å². The van der Waals surface area contributed by atoms with Crippen LogP contribution >= 0.6 is 0 Å². The highest BCUT2D eigenvalue weighted by Gasteiger charge is 2.18. The molecule has 0 unspecified atom stereocenters. The highest BCUT2D eigenvalue weighted by Crippen LogP contribution is 2.31. The number of carbonyl (C=O) groups excluding carboxylic acids is 1. The smallest absolute Gasteiger partial charge is 0.228 e. The molecule has 1 aliphatic heterocycles. The summed E-state index contributed by atoms with van der Waals surface area (Å²) < 4.78 is 24.2. The van der Waals surface area contributed by atoms with Gasteiger partial charge < -0.3 is 19.7 Å². The van der Waals surface area contributed by atoms with E-state index < -0.39 is 0 Å². The lowest BCUT2D eigenvalue weighted by atomic mass is 10.1. The van der Waals surface area contributed by atoms with Crippen LogP contribution in [0.2, 0.25) is 0 Å². The van der Waals surface area contributed by atoms with Gasteiger partial charge in [0.1, 0.15) is 5.82 Å². The van der Waals surface area contributed by atoms with E-state index in [9.17, 15) is 9.18 Å². The van der Waals surface area contributed by atoms with Crippen molar-refractivity contribution in [1.82, 2.24) is 0 Å². The van der Waals surface area contributed by atoms with Crippen LogP contribution in [0.15, 0.2) is 36.4 Å². The lowest BCUT2D eigenvalue weighted by molar-refractivity contribution is -0.115. The number of halogens is 1. The molecule has 1 aliphatic rings. The van der Waals surface area contributed by atoms with Crippen LogP contribution in [-0.2, 0) is 11.2 Å². The van der Waals surface area contributed by atoms with Crippen molar-refractivity contribution < 1.29 is 18.7 Å². The maximum Gasteiger partial charge on any atom is 0.228 e. The summed E-state index contributed by atoms with van der Waals surface area (Å²) in [7, 11) is 3.12. The monoisotopic (exact) mass is 358 g/mol. The van der Waals surface area contributed by atoms with Crippen molar-refractivity contribution >= 4 is 17.3 Å². The van der Waals surface area contributed by atoms with Crippen molar-refractivity contribution in [3.63, 3.8) is 0 Å². The third kappa shape index (κ3) is 4.07. The third-order valence-electron chi connectivity index (χ3n) is 4.49. The fourth-order valence-electron chi connectivity index (χ4n) is 3.21. The van der Waals surface area contributed by atoms with Gasteiger partial charge in [-0.25, -0.2) is 4.39 Å². The van der Waals surface area contributed by atoms with Gasteiger partial charge in [-0.3, -0.25) is 4.79 Å². The van der Waals surface area contributed by atoms with Gasteiger partial charge in [-0.15, -0.1) is 0 Å². The molecule has 2 aromatic carbocycles. The van der Waals surface area contributed by atoms with E-state index in [-0.39, 0.29) is 18.1 Å². The number of anilines is 2. The summed E-state index contributed by atoms with van der Waals surface area (Å²) in [6.07, 6.45) is 2.38. The number of nitrogens with zero attached hydrogens (tertiary/aromatic N) is 1. The topological polar surface area (TPSA) is 50.8 Å². The van der Waals surface area contributed by atoms with E-state index in [0.717, 1.165) is 37.2 Å². The number of ether oxygens (including phenoxy) is 2. The average molecular weight is 358 g/mol. The maximum atomic E-state index is 13.7. The molecule has 1 heterocycles. The molecule has 138 valence electrons. The number of benzene rings is 2. The Morgan fingerprint density at radius 3 is 2.50 bits per heavy atom. The molecule has 26 heavy (non-hydrogen) atoms. The molecular weight excluding hydrogens is 335 g/mol. The van der Waals surface area contributed by atoms with Crippen molar-refractivity contribution in [3.05, 3.63) is 47.8 Å². The van der Waals surface area contributed by atoms with Gasteiger partial charge in [0.15, 0.2) is 11.5 Å². The number of hydrogen-bond acceptors (Lipinski definition) is 4. The second-order valence-corrected chi connectivity index (χ2v) is 6.27. The van der Waals surface area contributed by atoms with Crippen LogP contribution < -0.4 is 19.7 Å². The molecule has 5 nitrogen and oxygen atoms in total. The molecular formula is C20H23FN2O3. The molecule has 0 radical (unpaired) electrons. The van der Waals surface area contributed by atoms with Gasteiger partial charge in [-0.2, -0.15) is 0 Å². The second-order valence-electron chi connectivity index (χ2n) is 6.27. The first kappa shape index (κ1) is 18.0. The highest BCUT2D eigenvalue weighted by atomic mass is 19.1. The number of rotatable bonds is 6. The van der Waals surface area contributed by atoms with Crippen molar-refractivity contribution in [2.45, 2.75) is 19.3 Å². The van der Waals surface area contributed by atoms with Crippen LogP contribution in [0.1, 0.15) is 18.4 Å². The molecule has 3 rings (SSSR count). The first-order valence-electron chi connectivity index (χ1n) is 8.66. The Kier molecular flexibility index (Phi) is 5.61. The van der Waals surface area contributed by atoms with Gasteiger partial charge >= 0.3 is 0 Å². The fraction of sp³-hybridized carbons (Fsp3) is 0.350. The maximum absolute atomic E-state index is 13.7. The second kappa shape index (κ2) is 8.08. The Hall–Kier alpha value is -2.76. The van der Waals surface area contributed by atoms with Crippen molar-refractivity contribution in [1.29, 1.82) is 0 Å². The minimum absolute atomic E-state index is 0.163. The van der Waals surface area contributed by atoms with Crippen LogP contribution in [0.3, 0.4) is 0 Å². The molecule has 0 saturated carbocycles. The number of methoxy groups -OCH3 is 2. The molecule has 2 aromatic rings. The predicted octanol–water partition coefficient (Wildman–Crippen LogP) is 3.62. The van der Waals surface area contributed by atoms with Gasteiger partial charge in [-0.05, 0) is 48.7 Å². The summed E-state index contributed by atoms with van der Waals surface area (Å²) in [4.78, 5) is 14.7. The Morgan fingerprint density at radius 2 is 1.81 bits per heavy atom. The number of amides is 1. The molecule has 0 aliphatic carbocycles. The number of hydrogen-bond donors (Lipinski definition) is 1. The zero-order valence-corrected chi connectivity index (χ0v) is 15.0. The van der Waals surface area contributed by atoms with Gasteiger partial charge in [-0.1, -0.05) is 6.07 Å². The van der Waals surface area contributed by atoms with E-state index in [1.165, 1.54) is 12.1 Å². The summed E-state index contributed by atoms with van der Waals surface area (Å²) in [6, 6.07) is 9.88. The molecule has 1 fully saturated rings. The van der Waals surface area contributed by atoms with Crippen molar-refractivity contribution in [2.75, 3.05) is 37.5 Å². The molecule has 0 aromatic heterocycles. The lowest BCUT2D eigenvalue weighted by Crippen LogP contribution is -2.22. The highest BCUT2D eigenvalue weighted by molar-refractivity contribution is 5.95. The van der Waals surface area contributed by atoms with E-state index >= 15 is 0 Å². The molecule has 1 N–H and O–H groups in total. The quantitative estimate of drug-likeness (QED) is 0.857. The third-order valence-corrected chi connectivity index (χ3v) is 4.49. The summed E-state index contributed by atoms with van der Waals surface area (Å²) in [5, 5.41) is 2.85. The summed E-state index contributed by atoms with van der Waals surface area (Å²) >= 11 is 0.